The highest BCUT2D eigenvalue weighted by molar-refractivity contribution is 5.80. The molecule has 0 saturated carbocycles. The van der Waals surface area contributed by atoms with Gasteiger partial charge in [-0.2, -0.15) is 5.10 Å². The summed E-state index contributed by atoms with van der Waals surface area (Å²) in [6.07, 6.45) is 0.707. The van der Waals surface area contributed by atoms with E-state index < -0.39 is 11.9 Å². The molecule has 0 aliphatic heterocycles. The Morgan fingerprint density at radius 3 is 2.89 bits per heavy atom. The fraction of sp³-hybridized carbons (Fsp3) is 0.211. The summed E-state index contributed by atoms with van der Waals surface area (Å²) in [6, 6.07) is 12.0. The highest BCUT2D eigenvalue weighted by Crippen LogP contribution is 2.15. The van der Waals surface area contributed by atoms with Crippen LogP contribution in [-0.4, -0.2) is 28.3 Å². The minimum Gasteiger partial charge on any atom is -0.481 e. The number of nitrogens with zero attached hydrogens (tertiary/aromatic N) is 2. The molecule has 1 amide bonds. The second-order valence-corrected chi connectivity index (χ2v) is 5.77. The molecule has 0 fully saturated rings. The molecule has 8 heteroatoms. The molecule has 7 nitrogen and oxygen atoms in total. The molecular weight excluding hydrogens is 353 g/mol. The number of nitrogens with one attached hydrogen (secondary N) is 1. The monoisotopic (exact) mass is 371 g/mol. The van der Waals surface area contributed by atoms with E-state index in [4.69, 9.17) is 9.15 Å². The highest BCUT2D eigenvalue weighted by Gasteiger charge is 2.14. The van der Waals surface area contributed by atoms with E-state index in [2.05, 4.69) is 10.4 Å². The molecule has 3 aromatic rings. The first-order valence-electron chi connectivity index (χ1n) is 8.35. The summed E-state index contributed by atoms with van der Waals surface area (Å²) in [7, 11) is 0. The summed E-state index contributed by atoms with van der Waals surface area (Å²) < 4.78 is 25.1. The second-order valence-electron chi connectivity index (χ2n) is 5.77. The summed E-state index contributed by atoms with van der Waals surface area (Å²) in [5.74, 6) is -0.0110. The summed E-state index contributed by atoms with van der Waals surface area (Å²) in [6.45, 7) is 1.93. The number of furan rings is 1. The summed E-state index contributed by atoms with van der Waals surface area (Å²) >= 11 is 0. The Bertz CT molecular complexity index is 969. The van der Waals surface area contributed by atoms with Crippen molar-refractivity contribution in [2.24, 2.45) is 0 Å². The van der Waals surface area contributed by atoms with Crippen LogP contribution in [0, 0.1) is 5.82 Å². The first-order chi connectivity index (χ1) is 13.0. The second kappa shape index (κ2) is 8.31. The lowest BCUT2D eigenvalue weighted by Gasteiger charge is -2.15. The van der Waals surface area contributed by atoms with E-state index in [1.807, 2.05) is 0 Å². The van der Waals surface area contributed by atoms with Gasteiger partial charge in [0.2, 0.25) is 0 Å². The molecule has 1 aromatic carbocycles. The maximum atomic E-state index is 13.2. The molecule has 0 aliphatic rings. The Kier molecular flexibility index (Phi) is 5.65. The zero-order valence-corrected chi connectivity index (χ0v) is 14.6. The molecule has 0 saturated heterocycles. The summed E-state index contributed by atoms with van der Waals surface area (Å²) in [5.41, 5.74) is 0.234. The third-order valence-electron chi connectivity index (χ3n) is 3.74. The van der Waals surface area contributed by atoms with Crippen molar-refractivity contribution in [3.05, 3.63) is 71.0 Å². The lowest BCUT2D eigenvalue weighted by Crippen LogP contribution is -2.39. The van der Waals surface area contributed by atoms with Gasteiger partial charge in [-0.3, -0.25) is 9.59 Å². The van der Waals surface area contributed by atoms with Crippen LogP contribution >= 0.6 is 0 Å². The molecule has 2 heterocycles. The van der Waals surface area contributed by atoms with Crippen LogP contribution in [0.15, 0.2) is 64.0 Å². The van der Waals surface area contributed by atoms with Gasteiger partial charge in [-0.15, -0.1) is 0 Å². The number of hydrogen-bond acceptors (Lipinski definition) is 5. The zero-order valence-electron chi connectivity index (χ0n) is 14.6. The van der Waals surface area contributed by atoms with Crippen molar-refractivity contribution in [1.82, 2.24) is 15.1 Å². The Morgan fingerprint density at radius 1 is 1.30 bits per heavy atom. The predicted octanol–water partition coefficient (Wildman–Crippen LogP) is 2.23. The molecule has 0 aliphatic carbocycles. The van der Waals surface area contributed by atoms with Gasteiger partial charge in [0, 0.05) is 18.7 Å². The average molecular weight is 371 g/mol. The molecule has 1 atom stereocenters. The number of halogens is 1. The molecule has 2 aromatic heterocycles. The van der Waals surface area contributed by atoms with E-state index in [0.29, 0.717) is 11.5 Å². The standard InChI is InChI=1S/C19H18FN3O4/c1-13(27-15-5-2-4-14(20)12-15)19(25)21-9-10-23-18(24)8-7-16(22-23)17-6-3-11-26-17/h2-8,11-13H,9-10H2,1H3,(H,21,25). The van der Waals surface area contributed by atoms with Crippen molar-refractivity contribution in [2.75, 3.05) is 6.54 Å². The predicted molar refractivity (Wildman–Crippen MR) is 95.7 cm³/mol. The van der Waals surface area contributed by atoms with Gasteiger partial charge in [0.15, 0.2) is 11.9 Å². The van der Waals surface area contributed by atoms with E-state index in [1.54, 1.807) is 31.2 Å². The minimum absolute atomic E-state index is 0.185. The van der Waals surface area contributed by atoms with Crippen molar-refractivity contribution in [2.45, 2.75) is 19.6 Å². The number of carbonyl (C=O) groups excluding carboxylic acids is 1. The third kappa shape index (κ3) is 4.81. The van der Waals surface area contributed by atoms with E-state index in [0.717, 1.165) is 0 Å². The van der Waals surface area contributed by atoms with E-state index >= 15 is 0 Å². The summed E-state index contributed by atoms with van der Waals surface area (Å²) in [5, 5.41) is 6.89. The number of hydrogen-bond donors (Lipinski definition) is 1. The first-order valence-corrected chi connectivity index (χ1v) is 8.35. The molecule has 0 spiro atoms. The topological polar surface area (TPSA) is 86.4 Å². The largest absolute Gasteiger partial charge is 0.481 e. The van der Waals surface area contributed by atoms with Crippen LogP contribution in [0.5, 0.6) is 5.75 Å². The highest BCUT2D eigenvalue weighted by atomic mass is 19.1. The minimum atomic E-state index is -0.814. The first kappa shape index (κ1) is 18.4. The summed E-state index contributed by atoms with van der Waals surface area (Å²) in [4.78, 5) is 24.0. The zero-order chi connectivity index (χ0) is 19.2. The Hall–Kier alpha value is -3.42. The molecule has 1 N–H and O–H groups in total. The lowest BCUT2D eigenvalue weighted by molar-refractivity contribution is -0.127. The van der Waals surface area contributed by atoms with Crippen LogP contribution in [0.3, 0.4) is 0 Å². The van der Waals surface area contributed by atoms with Gasteiger partial charge in [0.1, 0.15) is 17.3 Å². The maximum Gasteiger partial charge on any atom is 0.266 e. The molecule has 1 unspecified atom stereocenters. The Labute approximate surface area is 154 Å². The van der Waals surface area contributed by atoms with Crippen molar-refractivity contribution in [1.29, 1.82) is 0 Å². The van der Waals surface area contributed by atoms with Gasteiger partial charge in [-0.25, -0.2) is 9.07 Å². The number of benzene rings is 1. The maximum absolute atomic E-state index is 13.2. The molecular formula is C19H18FN3O4. The lowest BCUT2D eigenvalue weighted by atomic mass is 10.3. The average Bonchev–Trinajstić information content (AvgIpc) is 3.18. The Morgan fingerprint density at radius 2 is 2.15 bits per heavy atom. The van der Waals surface area contributed by atoms with Gasteiger partial charge in [0.05, 0.1) is 12.8 Å². The smallest absolute Gasteiger partial charge is 0.266 e. The number of carbonyl (C=O) groups is 1. The van der Waals surface area contributed by atoms with E-state index in [9.17, 15) is 14.0 Å². The van der Waals surface area contributed by atoms with Crippen molar-refractivity contribution < 1.29 is 18.3 Å². The van der Waals surface area contributed by atoms with Gasteiger partial charge in [0.25, 0.3) is 11.5 Å². The molecule has 0 bridgehead atoms. The molecule has 3 rings (SSSR count). The fourth-order valence-corrected chi connectivity index (χ4v) is 2.39. The van der Waals surface area contributed by atoms with Crippen LogP contribution in [-0.2, 0) is 11.3 Å². The molecule has 140 valence electrons. The van der Waals surface area contributed by atoms with Crippen LogP contribution in [0.4, 0.5) is 4.39 Å². The number of amides is 1. The number of aromatic nitrogens is 2. The van der Waals surface area contributed by atoms with Crippen LogP contribution in [0.25, 0.3) is 11.5 Å². The van der Waals surface area contributed by atoms with Crippen molar-refractivity contribution in [3.8, 4) is 17.2 Å². The fourth-order valence-electron chi connectivity index (χ4n) is 2.39. The van der Waals surface area contributed by atoms with Crippen LogP contribution in [0.1, 0.15) is 6.92 Å². The molecule has 0 radical (unpaired) electrons. The van der Waals surface area contributed by atoms with Crippen molar-refractivity contribution in [3.63, 3.8) is 0 Å². The SMILES string of the molecule is CC(Oc1cccc(F)c1)C(=O)NCCn1nc(-c2ccco2)ccc1=O. The normalized spacial score (nSPS) is 11.8. The van der Waals surface area contributed by atoms with Gasteiger partial charge >= 0.3 is 0 Å². The third-order valence-corrected chi connectivity index (χ3v) is 3.74. The number of ether oxygens (including phenoxy) is 1. The van der Waals surface area contributed by atoms with Gasteiger partial charge in [-0.1, -0.05) is 6.07 Å². The van der Waals surface area contributed by atoms with E-state index in [1.165, 1.54) is 35.2 Å². The van der Waals surface area contributed by atoms with Crippen LogP contribution in [0.2, 0.25) is 0 Å². The van der Waals surface area contributed by atoms with Crippen LogP contribution < -0.4 is 15.6 Å². The van der Waals surface area contributed by atoms with Gasteiger partial charge in [-0.05, 0) is 37.3 Å². The van der Waals surface area contributed by atoms with E-state index in [-0.39, 0.29) is 30.3 Å². The number of rotatable bonds is 7. The van der Waals surface area contributed by atoms with Crippen molar-refractivity contribution >= 4 is 5.91 Å². The molecule has 27 heavy (non-hydrogen) atoms. The van der Waals surface area contributed by atoms with Gasteiger partial charge < -0.3 is 14.5 Å². The Balaban J connectivity index is 1.55. The quantitative estimate of drug-likeness (QED) is 0.688.